The molecule has 1 aromatic carbocycles. The van der Waals surface area contributed by atoms with Crippen molar-refractivity contribution in [2.45, 2.75) is 45.6 Å². The fraction of sp³-hybridized carbons (Fsp3) is 0.625. The van der Waals surface area contributed by atoms with Crippen molar-refractivity contribution in [2.24, 2.45) is 0 Å². The molecule has 0 heterocycles. The Hall–Kier alpha value is -0.730. The lowest BCUT2D eigenvalue weighted by Crippen LogP contribution is -2.37. The molecule has 1 atom stereocenters. The van der Waals surface area contributed by atoms with Gasteiger partial charge in [-0.15, -0.1) is 12.4 Å². The van der Waals surface area contributed by atoms with E-state index in [1.807, 2.05) is 0 Å². The Morgan fingerprint density at radius 2 is 1.84 bits per heavy atom. The molecular weight excluding hydrogens is 258 g/mol. The van der Waals surface area contributed by atoms with Gasteiger partial charge in [-0.2, -0.15) is 0 Å². The number of benzene rings is 1. The highest BCUT2D eigenvalue weighted by atomic mass is 35.5. The molecule has 0 amide bonds. The van der Waals surface area contributed by atoms with Gasteiger partial charge in [0.05, 0.1) is 7.11 Å². The summed E-state index contributed by atoms with van der Waals surface area (Å²) in [6, 6.07) is 7.14. The van der Waals surface area contributed by atoms with E-state index in [4.69, 9.17) is 4.74 Å². The third-order valence-electron chi connectivity index (χ3n) is 3.88. The van der Waals surface area contributed by atoms with Crippen molar-refractivity contribution < 1.29 is 4.74 Å². The zero-order valence-corrected chi connectivity index (χ0v) is 13.1. The fourth-order valence-corrected chi connectivity index (χ4v) is 3.10. The van der Waals surface area contributed by atoms with Crippen LogP contribution in [-0.2, 0) is 12.8 Å². The number of methoxy groups -OCH3 is 1. The highest BCUT2D eigenvalue weighted by Gasteiger charge is 2.27. The largest absolute Gasteiger partial charge is 0.496 e. The van der Waals surface area contributed by atoms with Crippen LogP contribution in [0, 0.1) is 0 Å². The number of fused-ring (bicyclic) bond motifs is 1. The van der Waals surface area contributed by atoms with Crippen molar-refractivity contribution in [2.75, 3.05) is 20.2 Å². The Morgan fingerprint density at radius 3 is 2.42 bits per heavy atom. The van der Waals surface area contributed by atoms with Crippen LogP contribution in [0.15, 0.2) is 18.2 Å². The predicted molar refractivity (Wildman–Crippen MR) is 83.6 cm³/mol. The minimum atomic E-state index is 0. The molecule has 3 heteroatoms. The van der Waals surface area contributed by atoms with Gasteiger partial charge >= 0.3 is 0 Å². The van der Waals surface area contributed by atoms with Crippen molar-refractivity contribution in [3.05, 3.63) is 29.3 Å². The molecule has 0 bridgehead atoms. The lowest BCUT2D eigenvalue weighted by atomic mass is 10.1. The Balaban J connectivity index is 0.00000180. The third-order valence-corrected chi connectivity index (χ3v) is 3.88. The molecule has 0 spiro atoms. The van der Waals surface area contributed by atoms with Crippen molar-refractivity contribution in [1.82, 2.24) is 4.90 Å². The molecule has 0 saturated carbocycles. The van der Waals surface area contributed by atoms with Crippen LogP contribution in [0.4, 0.5) is 0 Å². The van der Waals surface area contributed by atoms with Gasteiger partial charge in [0.1, 0.15) is 5.75 Å². The molecule has 2 nitrogen and oxygen atoms in total. The minimum Gasteiger partial charge on any atom is -0.496 e. The first kappa shape index (κ1) is 16.3. The van der Waals surface area contributed by atoms with E-state index in [0.29, 0.717) is 6.04 Å². The van der Waals surface area contributed by atoms with Crippen LogP contribution in [0.2, 0.25) is 0 Å². The summed E-state index contributed by atoms with van der Waals surface area (Å²) in [7, 11) is 1.78. The van der Waals surface area contributed by atoms with Crippen LogP contribution >= 0.6 is 12.4 Å². The summed E-state index contributed by atoms with van der Waals surface area (Å²) in [5.41, 5.74) is 2.92. The average Bonchev–Trinajstić information content (AvgIpc) is 2.82. The summed E-state index contributed by atoms with van der Waals surface area (Å²) >= 11 is 0. The lowest BCUT2D eigenvalue weighted by molar-refractivity contribution is 0.201. The topological polar surface area (TPSA) is 12.5 Å². The molecule has 0 N–H and O–H groups in total. The molecule has 1 unspecified atom stereocenters. The standard InChI is InChI=1S/C16H25NO.ClH/c1-4-9-17(10-5-2)14-11-13-7-6-8-16(18-3)15(13)12-14;/h6-8,14H,4-5,9-12H2,1-3H3;1H. The quantitative estimate of drug-likeness (QED) is 0.789. The Bertz CT molecular complexity index is 388. The van der Waals surface area contributed by atoms with Crippen LogP contribution in [0.5, 0.6) is 5.75 Å². The molecule has 0 fully saturated rings. The lowest BCUT2D eigenvalue weighted by Gasteiger charge is -2.27. The van der Waals surface area contributed by atoms with E-state index in [0.717, 1.165) is 12.2 Å². The Morgan fingerprint density at radius 1 is 1.16 bits per heavy atom. The average molecular weight is 284 g/mol. The Labute approximate surface area is 123 Å². The normalized spacial score (nSPS) is 17.2. The van der Waals surface area contributed by atoms with Gasteiger partial charge in [-0.1, -0.05) is 26.0 Å². The van der Waals surface area contributed by atoms with E-state index in [-0.39, 0.29) is 12.4 Å². The second kappa shape index (κ2) is 7.76. The number of rotatable bonds is 6. The minimum absolute atomic E-state index is 0. The van der Waals surface area contributed by atoms with E-state index in [9.17, 15) is 0 Å². The van der Waals surface area contributed by atoms with Gasteiger partial charge in [0.2, 0.25) is 0 Å². The number of ether oxygens (including phenoxy) is 1. The van der Waals surface area contributed by atoms with Crippen LogP contribution in [-0.4, -0.2) is 31.1 Å². The molecule has 0 radical (unpaired) electrons. The third kappa shape index (κ3) is 3.64. The number of nitrogens with zero attached hydrogens (tertiary/aromatic N) is 1. The summed E-state index contributed by atoms with van der Waals surface area (Å²) in [4.78, 5) is 2.65. The first-order valence-corrected chi connectivity index (χ1v) is 7.18. The van der Waals surface area contributed by atoms with E-state index >= 15 is 0 Å². The van der Waals surface area contributed by atoms with Gasteiger partial charge < -0.3 is 4.74 Å². The van der Waals surface area contributed by atoms with Gasteiger partial charge in [-0.25, -0.2) is 0 Å². The smallest absolute Gasteiger partial charge is 0.122 e. The molecule has 1 aliphatic rings. The zero-order valence-electron chi connectivity index (χ0n) is 12.3. The van der Waals surface area contributed by atoms with Crippen molar-refractivity contribution in [3.8, 4) is 5.75 Å². The highest BCUT2D eigenvalue weighted by Crippen LogP contribution is 2.32. The molecule has 0 aliphatic heterocycles. The van der Waals surface area contributed by atoms with Crippen molar-refractivity contribution in [1.29, 1.82) is 0 Å². The Kier molecular flexibility index (Phi) is 6.67. The number of hydrogen-bond acceptors (Lipinski definition) is 2. The predicted octanol–water partition coefficient (Wildman–Crippen LogP) is 3.71. The molecule has 0 aromatic heterocycles. The van der Waals surface area contributed by atoms with E-state index < -0.39 is 0 Å². The van der Waals surface area contributed by atoms with Gasteiger partial charge in [-0.05, 0) is 56.0 Å². The van der Waals surface area contributed by atoms with Gasteiger partial charge in [0.15, 0.2) is 0 Å². The molecule has 19 heavy (non-hydrogen) atoms. The monoisotopic (exact) mass is 283 g/mol. The van der Waals surface area contributed by atoms with Crippen LogP contribution in [0.3, 0.4) is 0 Å². The zero-order chi connectivity index (χ0) is 13.0. The SMILES string of the molecule is CCCN(CCC)C1Cc2cccc(OC)c2C1.Cl. The summed E-state index contributed by atoms with van der Waals surface area (Å²) in [6.07, 6.45) is 4.82. The van der Waals surface area contributed by atoms with Crippen LogP contribution in [0.25, 0.3) is 0 Å². The maximum absolute atomic E-state index is 5.49. The first-order valence-electron chi connectivity index (χ1n) is 7.18. The summed E-state index contributed by atoms with van der Waals surface area (Å²) in [5, 5.41) is 0. The maximum atomic E-state index is 5.49. The van der Waals surface area contributed by atoms with Crippen LogP contribution < -0.4 is 4.74 Å². The van der Waals surface area contributed by atoms with Crippen LogP contribution in [0.1, 0.15) is 37.8 Å². The van der Waals surface area contributed by atoms with E-state index in [2.05, 4.69) is 36.9 Å². The molecule has 108 valence electrons. The maximum Gasteiger partial charge on any atom is 0.122 e. The van der Waals surface area contributed by atoms with E-state index in [1.165, 1.54) is 43.5 Å². The van der Waals surface area contributed by atoms with Gasteiger partial charge in [0.25, 0.3) is 0 Å². The number of halogens is 1. The van der Waals surface area contributed by atoms with Crippen molar-refractivity contribution >= 4 is 12.4 Å². The second-order valence-electron chi connectivity index (χ2n) is 5.20. The molecule has 0 saturated heterocycles. The van der Waals surface area contributed by atoms with Gasteiger partial charge in [0, 0.05) is 6.04 Å². The van der Waals surface area contributed by atoms with E-state index in [1.54, 1.807) is 7.11 Å². The van der Waals surface area contributed by atoms with Gasteiger partial charge in [-0.3, -0.25) is 4.90 Å². The summed E-state index contributed by atoms with van der Waals surface area (Å²) in [6.45, 7) is 6.97. The first-order chi connectivity index (χ1) is 8.80. The van der Waals surface area contributed by atoms with Crippen molar-refractivity contribution in [3.63, 3.8) is 0 Å². The fourth-order valence-electron chi connectivity index (χ4n) is 3.10. The molecular formula is C16H26ClNO. The molecule has 2 rings (SSSR count). The number of hydrogen-bond donors (Lipinski definition) is 0. The summed E-state index contributed by atoms with van der Waals surface area (Å²) < 4.78 is 5.49. The summed E-state index contributed by atoms with van der Waals surface area (Å²) in [5.74, 6) is 1.07. The second-order valence-corrected chi connectivity index (χ2v) is 5.20. The molecule has 1 aromatic rings. The highest BCUT2D eigenvalue weighted by molar-refractivity contribution is 5.85. The molecule has 1 aliphatic carbocycles.